The Morgan fingerprint density at radius 1 is 0.909 bits per heavy atom. The smallest absolute Gasteiger partial charge is 0.316 e. The highest BCUT2D eigenvalue weighted by atomic mass is 35.5. The first-order chi connectivity index (χ1) is 15.9. The number of benzene rings is 2. The summed E-state index contributed by atoms with van der Waals surface area (Å²) in [7, 11) is 0. The SMILES string of the molecule is O=C(Oc1cccc(N2C(=O)[C@H]3CC=CC[C@H]3C2=O)c1)[C@@H]1CC(=O)N(c2cccc(Cl)c2)C1. The second kappa shape index (κ2) is 8.48. The maximum atomic E-state index is 12.8. The summed E-state index contributed by atoms with van der Waals surface area (Å²) < 4.78 is 5.54. The van der Waals surface area contributed by atoms with Crippen molar-refractivity contribution in [2.45, 2.75) is 19.3 Å². The maximum absolute atomic E-state index is 12.8. The van der Waals surface area contributed by atoms with Gasteiger partial charge in [-0.2, -0.15) is 0 Å². The van der Waals surface area contributed by atoms with Crippen LogP contribution < -0.4 is 14.5 Å². The van der Waals surface area contributed by atoms with Crippen LogP contribution in [-0.2, 0) is 19.2 Å². The topological polar surface area (TPSA) is 84.0 Å². The molecule has 3 atom stereocenters. The molecule has 5 rings (SSSR count). The van der Waals surface area contributed by atoms with Crippen LogP contribution >= 0.6 is 11.6 Å². The Labute approximate surface area is 195 Å². The van der Waals surface area contributed by atoms with E-state index in [2.05, 4.69) is 0 Å². The number of halogens is 1. The van der Waals surface area contributed by atoms with E-state index in [9.17, 15) is 19.2 Å². The van der Waals surface area contributed by atoms with E-state index in [0.29, 0.717) is 29.2 Å². The molecule has 33 heavy (non-hydrogen) atoms. The first-order valence-corrected chi connectivity index (χ1v) is 11.2. The van der Waals surface area contributed by atoms with E-state index in [4.69, 9.17) is 16.3 Å². The molecule has 0 spiro atoms. The molecule has 3 amide bonds. The van der Waals surface area contributed by atoms with Crippen LogP contribution in [0.15, 0.2) is 60.7 Å². The van der Waals surface area contributed by atoms with Crippen molar-refractivity contribution in [3.05, 3.63) is 65.7 Å². The molecule has 2 heterocycles. The molecule has 2 aromatic carbocycles. The lowest BCUT2D eigenvalue weighted by Gasteiger charge is -2.17. The van der Waals surface area contributed by atoms with E-state index in [1.807, 2.05) is 12.2 Å². The Bertz CT molecular complexity index is 1170. The molecule has 0 radical (unpaired) electrons. The van der Waals surface area contributed by atoms with Crippen molar-refractivity contribution >= 4 is 46.7 Å². The molecular formula is C25H21ClN2O5. The normalized spacial score (nSPS) is 24.4. The minimum absolute atomic E-state index is 0.0322. The molecule has 0 N–H and O–H groups in total. The summed E-state index contributed by atoms with van der Waals surface area (Å²) in [6.07, 6.45) is 5.01. The Morgan fingerprint density at radius 3 is 2.27 bits per heavy atom. The van der Waals surface area contributed by atoms with Gasteiger partial charge in [0.25, 0.3) is 0 Å². The van der Waals surface area contributed by atoms with Crippen molar-refractivity contribution in [2.24, 2.45) is 17.8 Å². The summed E-state index contributed by atoms with van der Waals surface area (Å²) in [6.45, 7) is 0.192. The number of imide groups is 1. The summed E-state index contributed by atoms with van der Waals surface area (Å²) in [5, 5.41) is 0.504. The van der Waals surface area contributed by atoms with Gasteiger partial charge in [0, 0.05) is 29.7 Å². The van der Waals surface area contributed by atoms with Gasteiger partial charge in [-0.05, 0) is 43.2 Å². The second-order valence-corrected chi connectivity index (χ2v) is 8.91. The van der Waals surface area contributed by atoms with Gasteiger partial charge in [0.2, 0.25) is 17.7 Å². The molecule has 8 heteroatoms. The van der Waals surface area contributed by atoms with Gasteiger partial charge in [-0.1, -0.05) is 35.9 Å². The van der Waals surface area contributed by atoms with Crippen LogP contribution in [0.4, 0.5) is 11.4 Å². The van der Waals surface area contributed by atoms with Gasteiger partial charge in [-0.3, -0.25) is 19.2 Å². The van der Waals surface area contributed by atoms with Crippen LogP contribution in [0.5, 0.6) is 5.75 Å². The number of ether oxygens (including phenoxy) is 1. The van der Waals surface area contributed by atoms with Gasteiger partial charge >= 0.3 is 5.97 Å². The number of esters is 1. The van der Waals surface area contributed by atoms with E-state index in [1.54, 1.807) is 42.5 Å². The van der Waals surface area contributed by atoms with Gasteiger partial charge in [-0.15, -0.1) is 0 Å². The molecule has 0 aromatic heterocycles. The summed E-state index contributed by atoms with van der Waals surface area (Å²) in [6, 6.07) is 13.3. The lowest BCUT2D eigenvalue weighted by Crippen LogP contribution is -2.31. The number of carbonyl (C=O) groups is 4. The molecular weight excluding hydrogens is 444 g/mol. The molecule has 2 fully saturated rings. The van der Waals surface area contributed by atoms with Crippen molar-refractivity contribution in [3.63, 3.8) is 0 Å². The lowest BCUT2D eigenvalue weighted by molar-refractivity contribution is -0.139. The Hall–Kier alpha value is -3.45. The van der Waals surface area contributed by atoms with Gasteiger partial charge in [0.1, 0.15) is 5.75 Å². The van der Waals surface area contributed by atoms with Gasteiger partial charge in [0.05, 0.1) is 23.4 Å². The zero-order chi connectivity index (χ0) is 23.1. The highest BCUT2D eigenvalue weighted by Gasteiger charge is 2.48. The monoisotopic (exact) mass is 464 g/mol. The van der Waals surface area contributed by atoms with Crippen LogP contribution in [0.3, 0.4) is 0 Å². The van der Waals surface area contributed by atoms with Gasteiger partial charge in [0.15, 0.2) is 0 Å². The Kier molecular flexibility index (Phi) is 5.50. The fraction of sp³-hybridized carbons (Fsp3) is 0.280. The highest BCUT2D eigenvalue weighted by Crippen LogP contribution is 2.38. The van der Waals surface area contributed by atoms with Gasteiger partial charge in [-0.25, -0.2) is 4.90 Å². The molecule has 168 valence electrons. The third-order valence-corrected chi connectivity index (χ3v) is 6.62. The molecule has 0 saturated carbocycles. The number of fused-ring (bicyclic) bond motifs is 1. The van der Waals surface area contributed by atoms with Crippen molar-refractivity contribution in [1.82, 2.24) is 0 Å². The molecule has 1 aliphatic carbocycles. The molecule has 2 saturated heterocycles. The van der Waals surface area contributed by atoms with Crippen LogP contribution in [0.25, 0.3) is 0 Å². The predicted octanol–water partition coefficient (Wildman–Crippen LogP) is 3.75. The number of carbonyl (C=O) groups excluding carboxylic acids is 4. The zero-order valence-corrected chi connectivity index (χ0v) is 18.4. The van der Waals surface area contributed by atoms with E-state index < -0.39 is 11.9 Å². The van der Waals surface area contributed by atoms with Crippen LogP contribution in [0, 0.1) is 17.8 Å². The Morgan fingerprint density at radius 2 is 1.58 bits per heavy atom. The first-order valence-electron chi connectivity index (χ1n) is 10.8. The molecule has 2 aromatic rings. The van der Waals surface area contributed by atoms with Crippen LogP contribution in [-0.4, -0.2) is 30.2 Å². The number of anilines is 2. The maximum Gasteiger partial charge on any atom is 0.316 e. The van der Waals surface area contributed by atoms with E-state index >= 15 is 0 Å². The number of hydrogen-bond acceptors (Lipinski definition) is 5. The molecule has 2 aliphatic heterocycles. The number of allylic oxidation sites excluding steroid dienone is 2. The van der Waals surface area contributed by atoms with Crippen molar-refractivity contribution in [3.8, 4) is 5.75 Å². The lowest BCUT2D eigenvalue weighted by atomic mass is 9.85. The average molecular weight is 465 g/mol. The summed E-state index contributed by atoms with van der Waals surface area (Å²) >= 11 is 6.02. The standard InChI is InChI=1S/C25H21ClN2O5/c26-16-5-3-6-17(12-16)27-14-15(11-22(27)29)25(32)33-19-8-4-7-18(13-19)28-23(30)20-9-1-2-10-21(20)24(28)31/h1-8,12-13,15,20-21H,9-11,14H2/t15-,20-,21+/m1/s1. The second-order valence-electron chi connectivity index (χ2n) is 8.47. The predicted molar refractivity (Wildman–Crippen MR) is 122 cm³/mol. The first kappa shape index (κ1) is 21.4. The van der Waals surface area contributed by atoms with E-state index in [0.717, 1.165) is 0 Å². The zero-order valence-electron chi connectivity index (χ0n) is 17.6. The van der Waals surface area contributed by atoms with Crippen LogP contribution in [0.1, 0.15) is 19.3 Å². The highest BCUT2D eigenvalue weighted by molar-refractivity contribution is 6.31. The van der Waals surface area contributed by atoms with Crippen LogP contribution in [0.2, 0.25) is 5.02 Å². The van der Waals surface area contributed by atoms with Gasteiger partial charge < -0.3 is 9.64 Å². The number of hydrogen-bond donors (Lipinski definition) is 0. The summed E-state index contributed by atoms with van der Waals surface area (Å²) in [5.41, 5.74) is 1.01. The number of nitrogens with zero attached hydrogens (tertiary/aromatic N) is 2. The summed E-state index contributed by atoms with van der Waals surface area (Å²) in [4.78, 5) is 53.6. The third kappa shape index (κ3) is 3.93. The molecule has 7 nitrogen and oxygen atoms in total. The molecule has 3 aliphatic rings. The Balaban J connectivity index is 1.29. The number of amides is 3. The largest absolute Gasteiger partial charge is 0.426 e. The third-order valence-electron chi connectivity index (χ3n) is 6.38. The van der Waals surface area contributed by atoms with Crippen molar-refractivity contribution in [2.75, 3.05) is 16.3 Å². The average Bonchev–Trinajstić information content (AvgIpc) is 3.32. The quantitative estimate of drug-likeness (QED) is 0.298. The fourth-order valence-corrected chi connectivity index (χ4v) is 4.88. The minimum Gasteiger partial charge on any atom is -0.426 e. The fourth-order valence-electron chi connectivity index (χ4n) is 4.70. The van der Waals surface area contributed by atoms with E-state index in [1.165, 1.54) is 15.9 Å². The summed E-state index contributed by atoms with van der Waals surface area (Å²) in [5.74, 6) is -2.26. The molecule has 0 unspecified atom stereocenters. The number of rotatable bonds is 4. The van der Waals surface area contributed by atoms with Crippen molar-refractivity contribution < 1.29 is 23.9 Å². The van der Waals surface area contributed by atoms with E-state index in [-0.39, 0.29) is 48.3 Å². The van der Waals surface area contributed by atoms with Crippen molar-refractivity contribution in [1.29, 1.82) is 0 Å². The molecule has 0 bridgehead atoms. The minimum atomic E-state index is -0.635.